The van der Waals surface area contributed by atoms with Crippen molar-refractivity contribution in [3.8, 4) is 11.5 Å². The molecule has 0 unspecified atom stereocenters. The maximum atomic E-state index is 12.4. The van der Waals surface area contributed by atoms with Gasteiger partial charge in [0, 0.05) is 6.92 Å². The molecule has 2 aromatic rings. The fraction of sp³-hybridized carbons (Fsp3) is 0.222. The first-order valence-corrected chi connectivity index (χ1v) is 7.40. The number of nitrogens with one attached hydrogen (secondary N) is 1. The second-order valence-corrected chi connectivity index (χ2v) is 5.03. The lowest BCUT2D eigenvalue weighted by Gasteiger charge is -2.23. The fourth-order valence-electron chi connectivity index (χ4n) is 2.30. The van der Waals surface area contributed by atoms with Crippen LogP contribution in [0.1, 0.15) is 6.92 Å². The number of para-hydroxylation sites is 4. The van der Waals surface area contributed by atoms with Gasteiger partial charge in [-0.15, -0.1) is 0 Å². The number of carbonyl (C=O) groups excluding carboxylic acids is 2. The SMILES string of the molecule is COc1ccccc1NC(=O)CN(C(C)=O)c1ccccc1OC. The Balaban J connectivity index is 2.19. The Morgan fingerprint density at radius 2 is 1.54 bits per heavy atom. The van der Waals surface area contributed by atoms with E-state index in [9.17, 15) is 9.59 Å². The molecule has 0 atom stereocenters. The predicted molar refractivity (Wildman–Crippen MR) is 92.6 cm³/mol. The first-order chi connectivity index (χ1) is 11.6. The van der Waals surface area contributed by atoms with Crippen molar-refractivity contribution in [1.29, 1.82) is 0 Å². The quantitative estimate of drug-likeness (QED) is 0.885. The fourth-order valence-corrected chi connectivity index (χ4v) is 2.30. The largest absolute Gasteiger partial charge is 0.495 e. The zero-order chi connectivity index (χ0) is 17.5. The standard InChI is InChI=1S/C18H20N2O4/c1-13(21)20(15-9-5-7-11-17(15)24-3)12-18(22)19-14-8-4-6-10-16(14)23-2/h4-11H,12H2,1-3H3,(H,19,22). The van der Waals surface area contributed by atoms with Crippen LogP contribution in [0, 0.1) is 0 Å². The summed E-state index contributed by atoms with van der Waals surface area (Å²) in [5, 5.41) is 2.76. The van der Waals surface area contributed by atoms with E-state index in [2.05, 4.69) is 5.32 Å². The molecule has 126 valence electrons. The van der Waals surface area contributed by atoms with Gasteiger partial charge in [-0.2, -0.15) is 0 Å². The normalized spacial score (nSPS) is 9.96. The number of nitrogens with zero attached hydrogens (tertiary/aromatic N) is 1. The summed E-state index contributed by atoms with van der Waals surface area (Å²) >= 11 is 0. The van der Waals surface area contributed by atoms with Gasteiger partial charge in [0.05, 0.1) is 25.6 Å². The van der Waals surface area contributed by atoms with E-state index in [0.717, 1.165) is 0 Å². The predicted octanol–water partition coefficient (Wildman–Crippen LogP) is 2.70. The number of rotatable bonds is 6. The summed E-state index contributed by atoms with van der Waals surface area (Å²) in [6, 6.07) is 14.1. The van der Waals surface area contributed by atoms with Gasteiger partial charge in [-0.3, -0.25) is 14.5 Å². The van der Waals surface area contributed by atoms with Crippen LogP contribution in [0.25, 0.3) is 0 Å². The molecule has 0 saturated heterocycles. The maximum Gasteiger partial charge on any atom is 0.244 e. The molecule has 0 bridgehead atoms. The summed E-state index contributed by atoms with van der Waals surface area (Å²) in [4.78, 5) is 25.7. The summed E-state index contributed by atoms with van der Waals surface area (Å²) in [5.41, 5.74) is 1.09. The molecule has 0 saturated carbocycles. The van der Waals surface area contributed by atoms with Crippen LogP contribution >= 0.6 is 0 Å². The number of benzene rings is 2. The van der Waals surface area contributed by atoms with Crippen molar-refractivity contribution in [1.82, 2.24) is 0 Å². The third-order valence-corrected chi connectivity index (χ3v) is 3.44. The molecule has 1 N–H and O–H groups in total. The van der Waals surface area contributed by atoms with Crippen molar-refractivity contribution in [3.05, 3.63) is 48.5 Å². The lowest BCUT2D eigenvalue weighted by Crippen LogP contribution is -2.37. The van der Waals surface area contributed by atoms with Crippen molar-refractivity contribution < 1.29 is 19.1 Å². The lowest BCUT2D eigenvalue weighted by atomic mass is 10.2. The number of methoxy groups -OCH3 is 2. The summed E-state index contributed by atoms with van der Waals surface area (Å²) in [7, 11) is 3.05. The van der Waals surface area contributed by atoms with Crippen LogP contribution in [-0.2, 0) is 9.59 Å². The van der Waals surface area contributed by atoms with Crippen LogP contribution in [0.3, 0.4) is 0 Å². The van der Waals surface area contributed by atoms with E-state index in [1.54, 1.807) is 42.5 Å². The van der Waals surface area contributed by atoms with Gasteiger partial charge in [-0.1, -0.05) is 24.3 Å². The lowest BCUT2D eigenvalue weighted by molar-refractivity contribution is -0.120. The van der Waals surface area contributed by atoms with Crippen molar-refractivity contribution in [3.63, 3.8) is 0 Å². The van der Waals surface area contributed by atoms with Gasteiger partial charge in [-0.05, 0) is 24.3 Å². The Bertz CT molecular complexity index is 730. The van der Waals surface area contributed by atoms with Crippen LogP contribution in [0.2, 0.25) is 0 Å². The molecule has 24 heavy (non-hydrogen) atoms. The number of hydrogen-bond acceptors (Lipinski definition) is 4. The molecule has 0 radical (unpaired) electrons. The highest BCUT2D eigenvalue weighted by atomic mass is 16.5. The number of carbonyl (C=O) groups is 2. The van der Waals surface area contributed by atoms with E-state index in [1.807, 2.05) is 6.07 Å². The van der Waals surface area contributed by atoms with Crippen LogP contribution in [-0.4, -0.2) is 32.6 Å². The molecule has 0 fully saturated rings. The minimum Gasteiger partial charge on any atom is -0.495 e. The molecule has 2 aromatic carbocycles. The third kappa shape index (κ3) is 4.04. The Morgan fingerprint density at radius 1 is 0.958 bits per heavy atom. The summed E-state index contributed by atoms with van der Waals surface area (Å²) in [6.45, 7) is 1.27. The van der Waals surface area contributed by atoms with Gasteiger partial charge in [0.2, 0.25) is 11.8 Å². The molecule has 0 aliphatic heterocycles. The Labute approximate surface area is 141 Å². The van der Waals surface area contributed by atoms with Crippen LogP contribution in [0.5, 0.6) is 11.5 Å². The Morgan fingerprint density at radius 3 is 2.17 bits per heavy atom. The molecule has 2 rings (SSSR count). The molecule has 2 amide bonds. The molecule has 0 aliphatic rings. The second kappa shape index (κ2) is 8.01. The molecular formula is C18H20N2O4. The van der Waals surface area contributed by atoms with E-state index < -0.39 is 0 Å². The van der Waals surface area contributed by atoms with Crippen molar-refractivity contribution in [2.24, 2.45) is 0 Å². The highest BCUT2D eigenvalue weighted by Crippen LogP contribution is 2.28. The molecular weight excluding hydrogens is 308 g/mol. The topological polar surface area (TPSA) is 67.9 Å². The number of ether oxygens (including phenoxy) is 2. The van der Waals surface area contributed by atoms with Crippen LogP contribution in [0.4, 0.5) is 11.4 Å². The van der Waals surface area contributed by atoms with E-state index in [1.165, 1.54) is 26.0 Å². The zero-order valence-electron chi connectivity index (χ0n) is 13.9. The monoisotopic (exact) mass is 328 g/mol. The van der Waals surface area contributed by atoms with Crippen molar-refractivity contribution in [2.75, 3.05) is 31.0 Å². The van der Waals surface area contributed by atoms with Gasteiger partial charge >= 0.3 is 0 Å². The first kappa shape index (κ1) is 17.3. The van der Waals surface area contributed by atoms with Gasteiger partial charge in [0.1, 0.15) is 18.0 Å². The molecule has 0 aromatic heterocycles. The summed E-state index contributed by atoms with van der Waals surface area (Å²) < 4.78 is 10.5. The van der Waals surface area contributed by atoms with Gasteiger partial charge < -0.3 is 14.8 Å². The van der Waals surface area contributed by atoms with Crippen LogP contribution in [0.15, 0.2) is 48.5 Å². The third-order valence-electron chi connectivity index (χ3n) is 3.44. The first-order valence-electron chi connectivity index (χ1n) is 7.40. The highest BCUT2D eigenvalue weighted by molar-refractivity contribution is 6.03. The van der Waals surface area contributed by atoms with Gasteiger partial charge in [0.25, 0.3) is 0 Å². The number of hydrogen-bond donors (Lipinski definition) is 1. The number of amides is 2. The smallest absolute Gasteiger partial charge is 0.244 e. The molecule has 6 heteroatoms. The van der Waals surface area contributed by atoms with E-state index in [0.29, 0.717) is 22.9 Å². The molecule has 0 spiro atoms. The molecule has 0 heterocycles. The Kier molecular flexibility index (Phi) is 5.78. The number of anilines is 2. The average molecular weight is 328 g/mol. The van der Waals surface area contributed by atoms with Crippen molar-refractivity contribution in [2.45, 2.75) is 6.92 Å². The minimum absolute atomic E-state index is 0.131. The summed E-state index contributed by atoms with van der Waals surface area (Å²) in [5.74, 6) is 0.491. The van der Waals surface area contributed by atoms with E-state index in [4.69, 9.17) is 9.47 Å². The van der Waals surface area contributed by atoms with Crippen LogP contribution < -0.4 is 19.7 Å². The second-order valence-electron chi connectivity index (χ2n) is 5.03. The van der Waals surface area contributed by atoms with Crippen molar-refractivity contribution >= 4 is 23.2 Å². The van der Waals surface area contributed by atoms with Gasteiger partial charge in [0.15, 0.2) is 0 Å². The van der Waals surface area contributed by atoms with E-state index >= 15 is 0 Å². The Hall–Kier alpha value is -3.02. The van der Waals surface area contributed by atoms with E-state index in [-0.39, 0.29) is 18.4 Å². The molecule has 0 aliphatic carbocycles. The maximum absolute atomic E-state index is 12.4. The zero-order valence-corrected chi connectivity index (χ0v) is 13.9. The van der Waals surface area contributed by atoms with Gasteiger partial charge in [-0.25, -0.2) is 0 Å². The molecule has 6 nitrogen and oxygen atoms in total. The minimum atomic E-state index is -0.333. The average Bonchev–Trinajstić information content (AvgIpc) is 2.60. The summed E-state index contributed by atoms with van der Waals surface area (Å²) in [6.07, 6.45) is 0. The highest BCUT2D eigenvalue weighted by Gasteiger charge is 2.19.